The van der Waals surface area contributed by atoms with Crippen molar-refractivity contribution in [2.24, 2.45) is 11.5 Å². The average molecular weight is 437 g/mol. The van der Waals surface area contributed by atoms with Crippen LogP contribution in [0.2, 0.25) is 0 Å². The van der Waals surface area contributed by atoms with Crippen molar-refractivity contribution in [2.75, 3.05) is 13.1 Å². The first-order valence-electron chi connectivity index (χ1n) is 8.37. The predicted molar refractivity (Wildman–Crippen MR) is 85.1 cm³/mol. The molecule has 8 nitrogen and oxygen atoms in total. The highest BCUT2D eigenvalue weighted by Crippen LogP contribution is 2.36. The van der Waals surface area contributed by atoms with Gasteiger partial charge >= 0.3 is 24.2 Å². The lowest BCUT2D eigenvalue weighted by atomic mass is 9.84. The van der Waals surface area contributed by atoms with Gasteiger partial charge < -0.3 is 16.6 Å². The van der Waals surface area contributed by atoms with E-state index in [9.17, 15) is 50.6 Å². The van der Waals surface area contributed by atoms with E-state index < -0.39 is 65.6 Å². The van der Waals surface area contributed by atoms with Gasteiger partial charge in [0.05, 0.1) is 0 Å². The Bertz CT molecular complexity index is 623. The summed E-state index contributed by atoms with van der Waals surface area (Å²) in [6, 6.07) is 0. The van der Waals surface area contributed by atoms with Crippen LogP contribution >= 0.6 is 0 Å². The monoisotopic (exact) mass is 437 g/mol. The van der Waals surface area contributed by atoms with Crippen LogP contribution in [0.5, 0.6) is 0 Å². The maximum atomic E-state index is 13.1. The number of unbranched alkanes of at least 4 members (excludes halogenated alkanes) is 2. The molecule has 0 radical (unpaired) electrons. The lowest BCUT2D eigenvalue weighted by molar-refractivity contribution is -0.208. The number of Topliss-reactive ketones (excluding diaryl/α,β-unsaturated/α-hetero) is 1. The van der Waals surface area contributed by atoms with Crippen LogP contribution in [0.25, 0.3) is 0 Å². The number of amides is 2. The second kappa shape index (κ2) is 10.5. The fourth-order valence-electron chi connectivity index (χ4n) is 2.54. The van der Waals surface area contributed by atoms with Crippen molar-refractivity contribution < 1.29 is 50.6 Å². The number of alkyl halides is 6. The Morgan fingerprint density at radius 1 is 0.793 bits per heavy atom. The van der Waals surface area contributed by atoms with Crippen LogP contribution < -0.4 is 11.5 Å². The van der Waals surface area contributed by atoms with Crippen molar-refractivity contribution in [3.8, 4) is 0 Å². The van der Waals surface area contributed by atoms with Crippen LogP contribution in [0.1, 0.15) is 38.5 Å². The number of hydrogen-bond donors (Lipinski definition) is 3. The molecule has 0 saturated heterocycles. The number of carbonyl (C=O) groups excluding carboxylic acids is 3. The summed E-state index contributed by atoms with van der Waals surface area (Å²) in [7, 11) is 0. The highest BCUT2D eigenvalue weighted by atomic mass is 19.4. The zero-order valence-electron chi connectivity index (χ0n) is 15.1. The van der Waals surface area contributed by atoms with Crippen molar-refractivity contribution in [1.82, 2.24) is 4.90 Å². The third-order valence-corrected chi connectivity index (χ3v) is 3.90. The van der Waals surface area contributed by atoms with Gasteiger partial charge in [-0.1, -0.05) is 0 Å². The lowest BCUT2D eigenvalue weighted by Gasteiger charge is -2.38. The van der Waals surface area contributed by atoms with E-state index in [1.54, 1.807) is 0 Å². The number of imide groups is 1. The number of nitrogens with two attached hydrogens (primary N) is 2. The molecule has 0 aromatic heterocycles. The van der Waals surface area contributed by atoms with Crippen LogP contribution in [-0.4, -0.2) is 64.6 Å². The molecule has 29 heavy (non-hydrogen) atoms. The normalized spacial score (nSPS) is 14.2. The van der Waals surface area contributed by atoms with E-state index in [1.165, 1.54) is 0 Å². The molecule has 5 N–H and O–H groups in total. The summed E-state index contributed by atoms with van der Waals surface area (Å²) < 4.78 is 78.4. The van der Waals surface area contributed by atoms with Gasteiger partial charge in [0.1, 0.15) is 0 Å². The first-order chi connectivity index (χ1) is 13.2. The van der Waals surface area contributed by atoms with E-state index in [1.807, 2.05) is 0 Å². The van der Waals surface area contributed by atoms with Gasteiger partial charge in [0.25, 0.3) is 5.78 Å². The Kier molecular flexibility index (Phi) is 9.72. The van der Waals surface area contributed by atoms with Gasteiger partial charge in [0.15, 0.2) is 0 Å². The first kappa shape index (κ1) is 26.8. The molecule has 0 aromatic rings. The summed E-state index contributed by atoms with van der Waals surface area (Å²) >= 11 is 0. The fourth-order valence-corrected chi connectivity index (χ4v) is 2.54. The van der Waals surface area contributed by atoms with Gasteiger partial charge in [-0.15, -0.1) is 0 Å². The van der Waals surface area contributed by atoms with Crippen molar-refractivity contribution in [1.29, 1.82) is 0 Å². The molecular weight excluding hydrogens is 416 g/mol. The molecular formula is C15H21F6N3O5. The van der Waals surface area contributed by atoms with E-state index in [0.29, 0.717) is 0 Å². The SMILES string of the molecule is NCCCCC(=O)N(C(=O)C(F)(F)F)C(CCCCN)(C(=O)O)C(=O)C(F)(F)F. The molecule has 1 atom stereocenters. The van der Waals surface area contributed by atoms with Gasteiger partial charge in [-0.05, 0) is 45.2 Å². The molecule has 0 aromatic carbocycles. The molecule has 0 saturated carbocycles. The standard InChI is InChI=1S/C15H21F6N3O5/c16-14(17,18)10(26)13(12(28)29,6-2-4-8-23)24(11(27)15(19,20)21)9(25)5-1-3-7-22/h1-8,22-23H2,(H,28,29). The Labute approximate surface area is 161 Å². The van der Waals surface area contributed by atoms with Crippen molar-refractivity contribution in [2.45, 2.75) is 56.4 Å². The molecule has 0 bridgehead atoms. The van der Waals surface area contributed by atoms with Gasteiger partial charge in [-0.25, -0.2) is 9.69 Å². The number of rotatable bonds is 11. The first-order valence-corrected chi connectivity index (χ1v) is 8.37. The van der Waals surface area contributed by atoms with Crippen LogP contribution in [0, 0.1) is 0 Å². The molecule has 168 valence electrons. The number of carbonyl (C=O) groups is 4. The Hall–Kier alpha value is -2.22. The second-order valence-electron chi connectivity index (χ2n) is 6.02. The Morgan fingerprint density at radius 2 is 1.28 bits per heavy atom. The highest BCUT2D eigenvalue weighted by molar-refractivity contribution is 6.17. The molecule has 0 aliphatic carbocycles. The van der Waals surface area contributed by atoms with Gasteiger partial charge in [0.2, 0.25) is 11.4 Å². The van der Waals surface area contributed by atoms with E-state index in [2.05, 4.69) is 0 Å². The minimum absolute atomic E-state index is 0.0252. The highest BCUT2D eigenvalue weighted by Gasteiger charge is 2.66. The van der Waals surface area contributed by atoms with E-state index >= 15 is 0 Å². The third-order valence-electron chi connectivity index (χ3n) is 3.90. The second-order valence-corrected chi connectivity index (χ2v) is 6.02. The molecule has 1 unspecified atom stereocenters. The van der Waals surface area contributed by atoms with Crippen LogP contribution in [0.4, 0.5) is 26.3 Å². The van der Waals surface area contributed by atoms with Crippen molar-refractivity contribution >= 4 is 23.6 Å². The van der Waals surface area contributed by atoms with Gasteiger partial charge in [0, 0.05) is 6.42 Å². The number of carboxylic acids is 1. The van der Waals surface area contributed by atoms with Gasteiger partial charge in [-0.3, -0.25) is 14.4 Å². The van der Waals surface area contributed by atoms with E-state index in [-0.39, 0.29) is 32.4 Å². The molecule has 2 amide bonds. The maximum absolute atomic E-state index is 13.1. The molecule has 14 heteroatoms. The molecule has 0 heterocycles. The smallest absolute Gasteiger partial charge is 0.471 e. The molecule has 0 rings (SSSR count). The molecule has 0 fully saturated rings. The fraction of sp³-hybridized carbons (Fsp3) is 0.733. The largest absolute Gasteiger partial charge is 0.479 e. The maximum Gasteiger partial charge on any atom is 0.471 e. The summed E-state index contributed by atoms with van der Waals surface area (Å²) in [4.78, 5) is 46.7. The minimum atomic E-state index is -5.94. The average Bonchev–Trinajstić information content (AvgIpc) is 2.58. The topological polar surface area (TPSA) is 144 Å². The molecule has 0 spiro atoms. The van der Waals surface area contributed by atoms with Crippen LogP contribution in [0.3, 0.4) is 0 Å². The zero-order valence-corrected chi connectivity index (χ0v) is 15.1. The van der Waals surface area contributed by atoms with E-state index in [4.69, 9.17) is 11.5 Å². The number of hydrogen-bond acceptors (Lipinski definition) is 6. The van der Waals surface area contributed by atoms with Crippen LogP contribution in [0.15, 0.2) is 0 Å². The predicted octanol–water partition coefficient (Wildman–Crippen LogP) is 1.12. The molecule has 0 aliphatic rings. The Balaban J connectivity index is 6.64. The number of aliphatic carboxylic acids is 1. The summed E-state index contributed by atoms with van der Waals surface area (Å²) in [5, 5.41) is 9.38. The number of halogens is 6. The Morgan fingerprint density at radius 3 is 1.66 bits per heavy atom. The number of carboxylic acid groups (broad SMARTS) is 1. The van der Waals surface area contributed by atoms with Crippen molar-refractivity contribution in [3.63, 3.8) is 0 Å². The number of ketones is 1. The third kappa shape index (κ3) is 6.66. The summed E-state index contributed by atoms with van der Waals surface area (Å²) in [6.45, 7) is -0.212. The number of nitrogens with zero attached hydrogens (tertiary/aromatic N) is 1. The van der Waals surface area contributed by atoms with Crippen LogP contribution in [-0.2, 0) is 19.2 Å². The summed E-state index contributed by atoms with van der Waals surface area (Å²) in [5.41, 5.74) is 6.20. The molecule has 0 aliphatic heterocycles. The van der Waals surface area contributed by atoms with Crippen molar-refractivity contribution in [3.05, 3.63) is 0 Å². The lowest BCUT2D eigenvalue weighted by Crippen LogP contribution is -2.68. The summed E-state index contributed by atoms with van der Waals surface area (Å²) in [6.07, 6.45) is -15.1. The zero-order chi connectivity index (χ0) is 23.0. The van der Waals surface area contributed by atoms with Gasteiger partial charge in [-0.2, -0.15) is 26.3 Å². The minimum Gasteiger partial charge on any atom is -0.479 e. The van der Waals surface area contributed by atoms with E-state index in [0.717, 1.165) is 0 Å². The quantitative estimate of drug-likeness (QED) is 0.250. The summed E-state index contributed by atoms with van der Waals surface area (Å²) in [5.74, 6) is -10.9.